The summed E-state index contributed by atoms with van der Waals surface area (Å²) >= 11 is 1.45. The molecule has 0 radical (unpaired) electrons. The molecule has 0 aliphatic carbocycles. The Morgan fingerprint density at radius 1 is 1.27 bits per heavy atom. The van der Waals surface area contributed by atoms with Gasteiger partial charge in [0.2, 0.25) is 5.16 Å². The van der Waals surface area contributed by atoms with Crippen molar-refractivity contribution in [2.75, 3.05) is 6.61 Å². The van der Waals surface area contributed by atoms with Gasteiger partial charge in [0.15, 0.2) is 5.82 Å². The summed E-state index contributed by atoms with van der Waals surface area (Å²) in [5.41, 5.74) is 1.92. The Morgan fingerprint density at radius 3 is 2.92 bits per heavy atom. The third kappa shape index (κ3) is 3.88. The fourth-order valence-corrected chi connectivity index (χ4v) is 3.60. The lowest BCUT2D eigenvalue weighted by Crippen LogP contribution is -2.16. The van der Waals surface area contributed by atoms with E-state index in [0.29, 0.717) is 17.5 Å². The fraction of sp³-hybridized carbons (Fsp3) is 0.412. The minimum atomic E-state index is 0.182. The number of hydrogen-bond donors (Lipinski definition) is 0. The zero-order valence-electron chi connectivity index (χ0n) is 14.4. The first-order valence-corrected chi connectivity index (χ1v) is 9.47. The minimum Gasteiger partial charge on any atom is -0.376 e. The Morgan fingerprint density at radius 2 is 2.15 bits per heavy atom. The maximum atomic E-state index is 5.69. The van der Waals surface area contributed by atoms with E-state index in [1.54, 1.807) is 17.1 Å². The van der Waals surface area contributed by atoms with E-state index < -0.39 is 0 Å². The predicted molar refractivity (Wildman–Crippen MR) is 95.6 cm³/mol. The number of tetrazole rings is 1. The molecule has 1 aliphatic heterocycles. The second kappa shape index (κ2) is 7.88. The SMILES string of the molecule is CCc1cc(Sc2nnnn2C[C@H]2CCCO2)nc(-c2ccncc2)n1. The van der Waals surface area contributed by atoms with Gasteiger partial charge >= 0.3 is 0 Å². The van der Waals surface area contributed by atoms with Crippen LogP contribution in [0.15, 0.2) is 40.8 Å². The summed E-state index contributed by atoms with van der Waals surface area (Å²) in [4.78, 5) is 13.4. The van der Waals surface area contributed by atoms with Crippen molar-refractivity contribution in [2.45, 2.75) is 49.0 Å². The van der Waals surface area contributed by atoms with Crippen LogP contribution in [0.5, 0.6) is 0 Å². The fourth-order valence-electron chi connectivity index (χ4n) is 2.79. The van der Waals surface area contributed by atoms with Crippen molar-refractivity contribution in [3.05, 3.63) is 36.3 Å². The van der Waals surface area contributed by atoms with Gasteiger partial charge in [-0.15, -0.1) is 5.10 Å². The van der Waals surface area contributed by atoms with Gasteiger partial charge in [0.25, 0.3) is 0 Å². The molecule has 8 nitrogen and oxygen atoms in total. The van der Waals surface area contributed by atoms with E-state index >= 15 is 0 Å². The predicted octanol–water partition coefficient (Wildman–Crippen LogP) is 2.42. The summed E-state index contributed by atoms with van der Waals surface area (Å²) in [6.45, 7) is 3.56. The van der Waals surface area contributed by atoms with E-state index in [1.165, 1.54) is 11.8 Å². The molecule has 0 N–H and O–H groups in total. The molecule has 1 fully saturated rings. The van der Waals surface area contributed by atoms with E-state index in [0.717, 1.165) is 42.2 Å². The smallest absolute Gasteiger partial charge is 0.215 e. The van der Waals surface area contributed by atoms with Crippen molar-refractivity contribution in [2.24, 2.45) is 0 Å². The van der Waals surface area contributed by atoms with Crippen LogP contribution in [0.2, 0.25) is 0 Å². The number of aromatic nitrogens is 7. The molecule has 0 bridgehead atoms. The van der Waals surface area contributed by atoms with Crippen molar-refractivity contribution >= 4 is 11.8 Å². The molecule has 4 rings (SSSR count). The summed E-state index contributed by atoms with van der Waals surface area (Å²) in [6, 6.07) is 5.80. The zero-order chi connectivity index (χ0) is 17.8. The van der Waals surface area contributed by atoms with E-state index in [1.807, 2.05) is 18.2 Å². The number of pyridine rings is 1. The lowest BCUT2D eigenvalue weighted by atomic mass is 10.2. The third-order valence-electron chi connectivity index (χ3n) is 4.15. The molecular weight excluding hydrogens is 350 g/mol. The highest BCUT2D eigenvalue weighted by Gasteiger charge is 2.19. The molecule has 9 heteroatoms. The van der Waals surface area contributed by atoms with Gasteiger partial charge in [-0.25, -0.2) is 14.6 Å². The van der Waals surface area contributed by atoms with Gasteiger partial charge < -0.3 is 4.74 Å². The van der Waals surface area contributed by atoms with Crippen LogP contribution in [-0.4, -0.2) is 47.9 Å². The number of ether oxygens (including phenoxy) is 1. The summed E-state index contributed by atoms with van der Waals surface area (Å²) < 4.78 is 7.48. The molecule has 134 valence electrons. The second-order valence-electron chi connectivity index (χ2n) is 5.99. The van der Waals surface area contributed by atoms with Gasteiger partial charge in [-0.1, -0.05) is 6.92 Å². The zero-order valence-corrected chi connectivity index (χ0v) is 15.3. The summed E-state index contributed by atoms with van der Waals surface area (Å²) in [5.74, 6) is 0.687. The maximum Gasteiger partial charge on any atom is 0.215 e. The Bertz CT molecular complexity index is 865. The van der Waals surface area contributed by atoms with Crippen LogP contribution >= 0.6 is 11.8 Å². The van der Waals surface area contributed by atoms with Crippen LogP contribution in [0.3, 0.4) is 0 Å². The van der Waals surface area contributed by atoms with E-state index in [2.05, 4.69) is 37.4 Å². The molecule has 0 saturated carbocycles. The Hall–Kier alpha value is -2.39. The first kappa shape index (κ1) is 17.0. The van der Waals surface area contributed by atoms with Gasteiger partial charge in [0, 0.05) is 30.3 Å². The standard InChI is InChI=1S/C17H19N7OS/c1-2-13-10-15(20-16(19-13)12-5-7-18-8-6-12)26-17-21-22-23-24(17)11-14-4-3-9-25-14/h5-8,10,14H,2-4,9,11H2,1H3/t14-/m1/s1. The van der Waals surface area contributed by atoms with E-state index in [4.69, 9.17) is 4.74 Å². The van der Waals surface area contributed by atoms with E-state index in [-0.39, 0.29) is 6.10 Å². The highest BCUT2D eigenvalue weighted by molar-refractivity contribution is 7.99. The Labute approximate surface area is 155 Å². The minimum absolute atomic E-state index is 0.182. The van der Waals surface area contributed by atoms with Crippen LogP contribution in [0.4, 0.5) is 0 Å². The van der Waals surface area contributed by atoms with Crippen molar-refractivity contribution in [1.29, 1.82) is 0 Å². The van der Waals surface area contributed by atoms with Gasteiger partial charge in [0.05, 0.1) is 12.6 Å². The highest BCUT2D eigenvalue weighted by atomic mass is 32.2. The first-order chi connectivity index (χ1) is 12.8. The van der Waals surface area contributed by atoms with Gasteiger partial charge in [-0.3, -0.25) is 4.98 Å². The lowest BCUT2D eigenvalue weighted by molar-refractivity contribution is 0.0912. The number of aryl methyl sites for hydroxylation is 1. The average molecular weight is 369 g/mol. The number of hydrogen-bond acceptors (Lipinski definition) is 8. The Balaban J connectivity index is 1.59. The average Bonchev–Trinajstić information content (AvgIpc) is 3.35. The first-order valence-electron chi connectivity index (χ1n) is 8.66. The summed E-state index contributed by atoms with van der Waals surface area (Å²) in [6.07, 6.45) is 6.63. The normalized spacial score (nSPS) is 16.9. The topological polar surface area (TPSA) is 91.5 Å². The van der Waals surface area contributed by atoms with Crippen molar-refractivity contribution in [3.63, 3.8) is 0 Å². The van der Waals surface area contributed by atoms with E-state index in [9.17, 15) is 0 Å². The third-order valence-corrected chi connectivity index (χ3v) is 5.05. The molecule has 0 aromatic carbocycles. The van der Waals surface area contributed by atoms with Crippen LogP contribution < -0.4 is 0 Å². The molecule has 1 aliphatic rings. The molecular formula is C17H19N7OS. The van der Waals surface area contributed by atoms with Crippen molar-refractivity contribution in [1.82, 2.24) is 35.2 Å². The van der Waals surface area contributed by atoms with Crippen LogP contribution in [0.1, 0.15) is 25.5 Å². The molecule has 4 heterocycles. The number of nitrogens with zero attached hydrogens (tertiary/aromatic N) is 7. The lowest BCUT2D eigenvalue weighted by Gasteiger charge is -2.10. The Kier molecular flexibility index (Phi) is 5.16. The second-order valence-corrected chi connectivity index (χ2v) is 6.98. The highest BCUT2D eigenvalue weighted by Crippen LogP contribution is 2.27. The van der Waals surface area contributed by atoms with Crippen molar-refractivity contribution < 1.29 is 4.74 Å². The maximum absolute atomic E-state index is 5.69. The van der Waals surface area contributed by atoms with Crippen LogP contribution in [-0.2, 0) is 17.7 Å². The number of rotatable bonds is 6. The molecule has 1 saturated heterocycles. The molecule has 3 aromatic rings. The van der Waals surface area contributed by atoms with Crippen LogP contribution in [0.25, 0.3) is 11.4 Å². The largest absolute Gasteiger partial charge is 0.376 e. The quantitative estimate of drug-likeness (QED) is 0.612. The van der Waals surface area contributed by atoms with Gasteiger partial charge in [-0.05, 0) is 59.7 Å². The molecule has 26 heavy (non-hydrogen) atoms. The van der Waals surface area contributed by atoms with Crippen LogP contribution in [0, 0.1) is 0 Å². The summed E-state index contributed by atoms with van der Waals surface area (Å²) in [7, 11) is 0. The van der Waals surface area contributed by atoms with Gasteiger partial charge in [0.1, 0.15) is 5.03 Å². The summed E-state index contributed by atoms with van der Waals surface area (Å²) in [5, 5.41) is 13.6. The monoisotopic (exact) mass is 369 g/mol. The molecule has 3 aromatic heterocycles. The molecule has 0 amide bonds. The van der Waals surface area contributed by atoms with Gasteiger partial charge in [-0.2, -0.15) is 0 Å². The molecule has 1 atom stereocenters. The molecule has 0 spiro atoms. The van der Waals surface area contributed by atoms with Crippen molar-refractivity contribution in [3.8, 4) is 11.4 Å². The molecule has 0 unspecified atom stereocenters.